The Bertz CT molecular complexity index is 463. The molecule has 2 heterocycles. The molecule has 7 heteroatoms. The molecule has 1 aromatic heterocycles. The average molecular weight is 252 g/mol. The van der Waals surface area contributed by atoms with Gasteiger partial charge in [-0.25, -0.2) is 0 Å². The van der Waals surface area contributed by atoms with Crippen molar-refractivity contribution >= 4 is 11.6 Å². The van der Waals surface area contributed by atoms with E-state index in [1.807, 2.05) is 0 Å². The fourth-order valence-corrected chi connectivity index (χ4v) is 2.11. The predicted molar refractivity (Wildman–Crippen MR) is 65.4 cm³/mol. The Kier molecular flexibility index (Phi) is 3.61. The third kappa shape index (κ3) is 2.67. The number of hydrogen-bond acceptors (Lipinski definition) is 4. The third-order valence-corrected chi connectivity index (χ3v) is 3.11. The van der Waals surface area contributed by atoms with Crippen LogP contribution in [0.15, 0.2) is 12.3 Å². The summed E-state index contributed by atoms with van der Waals surface area (Å²) in [6, 6.07) is 1.60. The number of rotatable bonds is 4. The van der Waals surface area contributed by atoms with Crippen LogP contribution >= 0.6 is 0 Å². The number of carbonyl (C=O) groups is 1. The molecule has 1 amide bonds. The van der Waals surface area contributed by atoms with Gasteiger partial charge in [-0.05, 0) is 19.4 Å². The van der Waals surface area contributed by atoms with Crippen molar-refractivity contribution in [3.63, 3.8) is 0 Å². The average Bonchev–Trinajstić information content (AvgIpc) is 2.94. The molecular formula is C11H16N4O3. The molecule has 0 spiro atoms. The van der Waals surface area contributed by atoms with Crippen molar-refractivity contribution in [3.05, 3.63) is 28.1 Å². The second-order valence-electron chi connectivity index (χ2n) is 4.45. The van der Waals surface area contributed by atoms with Crippen LogP contribution in [0.5, 0.6) is 0 Å². The summed E-state index contributed by atoms with van der Waals surface area (Å²) in [7, 11) is 1.62. The number of aromatic nitrogens is 1. The number of nitrogens with zero attached hydrogens (tertiary/aromatic N) is 2. The molecule has 1 unspecified atom stereocenters. The Hall–Kier alpha value is -1.89. The maximum Gasteiger partial charge on any atom is 0.287 e. The maximum atomic E-state index is 11.9. The van der Waals surface area contributed by atoms with Crippen molar-refractivity contribution in [3.8, 4) is 0 Å². The highest BCUT2D eigenvalue weighted by Crippen LogP contribution is 2.15. The maximum absolute atomic E-state index is 11.9. The van der Waals surface area contributed by atoms with E-state index < -0.39 is 4.92 Å². The van der Waals surface area contributed by atoms with Crippen LogP contribution in [0.3, 0.4) is 0 Å². The monoisotopic (exact) mass is 252 g/mol. The fourth-order valence-electron chi connectivity index (χ4n) is 2.11. The Balaban J connectivity index is 1.97. The minimum absolute atomic E-state index is 0.0679. The number of nitrogens with one attached hydrogen (secondary N) is 2. The van der Waals surface area contributed by atoms with Crippen LogP contribution < -0.4 is 10.6 Å². The van der Waals surface area contributed by atoms with Gasteiger partial charge < -0.3 is 15.2 Å². The first kappa shape index (κ1) is 12.6. The van der Waals surface area contributed by atoms with E-state index in [0.717, 1.165) is 19.4 Å². The van der Waals surface area contributed by atoms with Gasteiger partial charge in [-0.15, -0.1) is 0 Å². The predicted octanol–water partition coefficient (Wildman–Crippen LogP) is 0.415. The number of carbonyl (C=O) groups excluding carboxylic acids is 1. The van der Waals surface area contributed by atoms with Gasteiger partial charge in [0, 0.05) is 25.7 Å². The Morgan fingerprint density at radius 2 is 2.50 bits per heavy atom. The summed E-state index contributed by atoms with van der Waals surface area (Å²) in [6.45, 7) is 1.54. The molecular weight excluding hydrogens is 236 g/mol. The molecule has 1 aliphatic rings. The van der Waals surface area contributed by atoms with Gasteiger partial charge in [-0.3, -0.25) is 14.9 Å². The molecule has 0 aromatic carbocycles. The minimum Gasteiger partial charge on any atom is -0.349 e. The van der Waals surface area contributed by atoms with Crippen molar-refractivity contribution in [1.82, 2.24) is 15.2 Å². The van der Waals surface area contributed by atoms with Crippen LogP contribution in [-0.4, -0.2) is 34.5 Å². The number of nitro groups is 1. The zero-order valence-electron chi connectivity index (χ0n) is 10.2. The second-order valence-corrected chi connectivity index (χ2v) is 4.45. The molecule has 0 radical (unpaired) electrons. The van der Waals surface area contributed by atoms with Gasteiger partial charge >= 0.3 is 0 Å². The van der Waals surface area contributed by atoms with Gasteiger partial charge in [-0.1, -0.05) is 0 Å². The Labute approximate surface area is 104 Å². The van der Waals surface area contributed by atoms with Gasteiger partial charge in [0.1, 0.15) is 5.69 Å². The number of amides is 1. The molecule has 0 aliphatic carbocycles. The first-order valence-corrected chi connectivity index (χ1v) is 5.90. The summed E-state index contributed by atoms with van der Waals surface area (Å²) in [4.78, 5) is 22.0. The van der Waals surface area contributed by atoms with E-state index in [0.29, 0.717) is 18.3 Å². The largest absolute Gasteiger partial charge is 0.349 e. The van der Waals surface area contributed by atoms with Crippen LogP contribution in [0, 0.1) is 10.1 Å². The molecule has 2 rings (SSSR count). The lowest BCUT2D eigenvalue weighted by atomic mass is 10.2. The lowest BCUT2D eigenvalue weighted by Crippen LogP contribution is -2.37. The summed E-state index contributed by atoms with van der Waals surface area (Å²) in [6.07, 6.45) is 3.51. The lowest BCUT2D eigenvalue weighted by Gasteiger charge is -2.11. The SMILES string of the molecule is Cn1cc([N+](=O)[O-])cc1C(=O)NCC1CCCN1. The molecule has 1 fully saturated rings. The van der Waals surface area contributed by atoms with Gasteiger partial charge in [0.05, 0.1) is 11.1 Å². The molecule has 1 saturated heterocycles. The van der Waals surface area contributed by atoms with Crippen molar-refractivity contribution < 1.29 is 9.72 Å². The summed E-state index contributed by atoms with van der Waals surface area (Å²) >= 11 is 0. The van der Waals surface area contributed by atoms with Gasteiger partial charge in [0.15, 0.2) is 0 Å². The first-order valence-electron chi connectivity index (χ1n) is 5.90. The van der Waals surface area contributed by atoms with E-state index in [4.69, 9.17) is 0 Å². The van der Waals surface area contributed by atoms with E-state index >= 15 is 0 Å². The van der Waals surface area contributed by atoms with Crippen LogP contribution in [-0.2, 0) is 7.05 Å². The standard InChI is InChI=1S/C11H16N4O3/c1-14-7-9(15(17)18)5-10(14)11(16)13-6-8-3-2-4-12-8/h5,7-8,12H,2-4,6H2,1H3,(H,13,16). The molecule has 0 saturated carbocycles. The third-order valence-electron chi connectivity index (χ3n) is 3.11. The molecule has 1 aromatic rings. The van der Waals surface area contributed by atoms with Crippen LogP contribution in [0.4, 0.5) is 5.69 Å². The highest BCUT2D eigenvalue weighted by molar-refractivity contribution is 5.93. The molecule has 2 N–H and O–H groups in total. The molecule has 0 bridgehead atoms. The highest BCUT2D eigenvalue weighted by Gasteiger charge is 2.19. The lowest BCUT2D eigenvalue weighted by molar-refractivity contribution is -0.384. The molecule has 18 heavy (non-hydrogen) atoms. The first-order chi connectivity index (χ1) is 8.58. The van der Waals surface area contributed by atoms with Crippen molar-refractivity contribution in [1.29, 1.82) is 0 Å². The number of aryl methyl sites for hydroxylation is 1. The van der Waals surface area contributed by atoms with Gasteiger partial charge in [0.2, 0.25) is 0 Å². The van der Waals surface area contributed by atoms with E-state index in [1.165, 1.54) is 16.8 Å². The van der Waals surface area contributed by atoms with Gasteiger partial charge in [0.25, 0.3) is 11.6 Å². The van der Waals surface area contributed by atoms with Crippen molar-refractivity contribution in [2.75, 3.05) is 13.1 Å². The molecule has 7 nitrogen and oxygen atoms in total. The van der Waals surface area contributed by atoms with E-state index in [-0.39, 0.29) is 11.6 Å². The molecule has 1 aliphatic heterocycles. The van der Waals surface area contributed by atoms with Crippen LogP contribution in [0.1, 0.15) is 23.3 Å². The summed E-state index contributed by atoms with van der Waals surface area (Å²) in [5.74, 6) is -0.278. The van der Waals surface area contributed by atoms with E-state index in [2.05, 4.69) is 10.6 Å². The molecule has 1 atom stereocenters. The van der Waals surface area contributed by atoms with Gasteiger partial charge in [-0.2, -0.15) is 0 Å². The van der Waals surface area contributed by atoms with Crippen molar-refractivity contribution in [2.24, 2.45) is 7.05 Å². The smallest absolute Gasteiger partial charge is 0.287 e. The summed E-state index contributed by atoms with van der Waals surface area (Å²) in [5.41, 5.74) is 0.237. The molecule has 98 valence electrons. The zero-order valence-corrected chi connectivity index (χ0v) is 10.2. The van der Waals surface area contributed by atoms with E-state index in [1.54, 1.807) is 7.05 Å². The van der Waals surface area contributed by atoms with Crippen molar-refractivity contribution in [2.45, 2.75) is 18.9 Å². The highest BCUT2D eigenvalue weighted by atomic mass is 16.6. The Morgan fingerprint density at radius 1 is 1.72 bits per heavy atom. The summed E-state index contributed by atoms with van der Waals surface area (Å²) in [5, 5.41) is 16.7. The normalized spacial score (nSPS) is 18.8. The second kappa shape index (κ2) is 5.18. The van der Waals surface area contributed by atoms with Crippen LogP contribution in [0.25, 0.3) is 0 Å². The number of hydrogen-bond donors (Lipinski definition) is 2. The Morgan fingerprint density at radius 3 is 3.06 bits per heavy atom. The van der Waals surface area contributed by atoms with Crippen LogP contribution in [0.2, 0.25) is 0 Å². The minimum atomic E-state index is -0.505. The quantitative estimate of drug-likeness (QED) is 0.600. The fraction of sp³-hybridized carbons (Fsp3) is 0.545. The van der Waals surface area contributed by atoms with E-state index in [9.17, 15) is 14.9 Å². The zero-order chi connectivity index (χ0) is 13.1. The topological polar surface area (TPSA) is 89.2 Å². The summed E-state index contributed by atoms with van der Waals surface area (Å²) < 4.78 is 1.47.